The molecule has 1 aromatic rings. The van der Waals surface area contributed by atoms with Gasteiger partial charge in [0.25, 0.3) is 0 Å². The first-order valence-electron chi connectivity index (χ1n) is 5.81. The molecule has 2 aliphatic rings. The second-order valence-corrected chi connectivity index (χ2v) is 4.74. The Morgan fingerprint density at radius 1 is 1.72 bits per heavy atom. The van der Waals surface area contributed by atoms with Crippen molar-refractivity contribution in [3.8, 4) is 0 Å². The highest BCUT2D eigenvalue weighted by atomic mass is 16.6. The lowest BCUT2D eigenvalue weighted by molar-refractivity contribution is -0.396. The van der Waals surface area contributed by atoms with Crippen LogP contribution >= 0.6 is 0 Å². The van der Waals surface area contributed by atoms with Gasteiger partial charge in [0, 0.05) is 19.6 Å². The van der Waals surface area contributed by atoms with Crippen LogP contribution in [0.4, 0.5) is 5.95 Å². The van der Waals surface area contributed by atoms with E-state index in [1.165, 1.54) is 10.8 Å². The first kappa shape index (κ1) is 11.6. The van der Waals surface area contributed by atoms with Gasteiger partial charge >= 0.3 is 5.95 Å². The van der Waals surface area contributed by atoms with Crippen LogP contribution in [-0.2, 0) is 11.3 Å². The first-order chi connectivity index (χ1) is 8.64. The first-order valence-corrected chi connectivity index (χ1v) is 5.81. The molecule has 0 bridgehead atoms. The fourth-order valence-electron chi connectivity index (χ4n) is 2.66. The van der Waals surface area contributed by atoms with E-state index in [4.69, 9.17) is 9.84 Å². The number of ether oxygens (including phenoxy) is 1. The van der Waals surface area contributed by atoms with Gasteiger partial charge in [-0.2, -0.15) is 0 Å². The third-order valence-corrected chi connectivity index (χ3v) is 3.53. The molecule has 0 aliphatic carbocycles. The summed E-state index contributed by atoms with van der Waals surface area (Å²) in [7, 11) is 0. The van der Waals surface area contributed by atoms with Gasteiger partial charge in [-0.1, -0.05) is 4.98 Å². The minimum absolute atomic E-state index is 0.117. The number of β-amino-alcohol motifs (C(OH)–C–C–N with tert-alkyl or cyclic N) is 1. The molecule has 0 radical (unpaired) electrons. The Morgan fingerprint density at radius 2 is 2.56 bits per heavy atom. The maximum absolute atomic E-state index is 10.8. The number of imidazole rings is 1. The molecule has 2 unspecified atom stereocenters. The third kappa shape index (κ3) is 1.78. The van der Waals surface area contributed by atoms with Crippen molar-refractivity contribution in [3.05, 3.63) is 22.5 Å². The third-order valence-electron chi connectivity index (χ3n) is 3.53. The number of aliphatic hydroxyl groups excluding tert-OH is 1. The van der Waals surface area contributed by atoms with Crippen LogP contribution in [0.15, 0.2) is 12.4 Å². The highest BCUT2D eigenvalue weighted by Crippen LogP contribution is 2.44. The van der Waals surface area contributed by atoms with Gasteiger partial charge in [0.15, 0.2) is 0 Å². The molecule has 3 heterocycles. The maximum Gasteiger partial charge on any atom is 0.434 e. The van der Waals surface area contributed by atoms with E-state index in [9.17, 15) is 10.1 Å². The molecule has 3 rings (SSSR count). The Balaban J connectivity index is 1.71. The molecule has 1 aromatic heterocycles. The summed E-state index contributed by atoms with van der Waals surface area (Å²) in [5.41, 5.74) is -0.333. The van der Waals surface area contributed by atoms with E-state index in [2.05, 4.69) is 9.88 Å². The summed E-state index contributed by atoms with van der Waals surface area (Å²) in [4.78, 5) is 16.1. The van der Waals surface area contributed by atoms with Crippen molar-refractivity contribution in [2.45, 2.75) is 18.2 Å². The zero-order valence-electron chi connectivity index (χ0n) is 9.73. The monoisotopic (exact) mass is 254 g/mol. The number of hydrogen-bond donors (Lipinski definition) is 1. The zero-order valence-corrected chi connectivity index (χ0v) is 9.73. The second-order valence-electron chi connectivity index (χ2n) is 4.74. The van der Waals surface area contributed by atoms with Gasteiger partial charge in [-0.25, -0.2) is 4.57 Å². The van der Waals surface area contributed by atoms with Crippen LogP contribution in [0, 0.1) is 10.1 Å². The van der Waals surface area contributed by atoms with Crippen LogP contribution in [0.5, 0.6) is 0 Å². The average Bonchev–Trinajstić information content (AvgIpc) is 2.71. The lowest BCUT2D eigenvalue weighted by Gasteiger charge is -2.17. The molecule has 0 spiro atoms. The lowest BCUT2D eigenvalue weighted by atomic mass is 10.1. The Kier molecular flexibility index (Phi) is 2.58. The summed E-state index contributed by atoms with van der Waals surface area (Å²) in [5.74, 6) is -0.153. The van der Waals surface area contributed by atoms with E-state index >= 15 is 0 Å². The largest absolute Gasteiger partial charge is 0.434 e. The van der Waals surface area contributed by atoms with Crippen molar-refractivity contribution < 1.29 is 14.8 Å². The summed E-state index contributed by atoms with van der Waals surface area (Å²) in [6, 6.07) is 0. The second kappa shape index (κ2) is 4.01. The number of rotatable bonds is 5. The van der Waals surface area contributed by atoms with E-state index in [1.54, 1.807) is 6.20 Å². The highest BCUT2D eigenvalue weighted by Gasteiger charge is 2.63. The molecule has 0 saturated carbocycles. The van der Waals surface area contributed by atoms with Gasteiger partial charge < -0.3 is 20.0 Å². The molecule has 0 aromatic carbocycles. The fourth-order valence-corrected chi connectivity index (χ4v) is 2.66. The van der Waals surface area contributed by atoms with Crippen LogP contribution in [0.25, 0.3) is 0 Å². The molecule has 0 amide bonds. The molecule has 1 N–H and O–H groups in total. The molecule has 8 heteroatoms. The summed E-state index contributed by atoms with van der Waals surface area (Å²) in [6.45, 7) is 2.66. The van der Waals surface area contributed by atoms with Gasteiger partial charge in [0.1, 0.15) is 30.6 Å². The molecule has 2 fully saturated rings. The van der Waals surface area contributed by atoms with E-state index in [0.29, 0.717) is 19.6 Å². The summed E-state index contributed by atoms with van der Waals surface area (Å²) in [5, 5.41) is 19.7. The molecular formula is C10H14N4O4. The number of aliphatic hydroxyl groups is 1. The Bertz CT molecular complexity index is 476. The predicted octanol–water partition coefficient (Wildman–Crippen LogP) is -0.763. The number of likely N-dealkylation sites (tertiary alicyclic amines) is 1. The normalized spacial score (nSPS) is 30.4. The number of fused-ring (bicyclic) bond motifs is 1. The Hall–Kier alpha value is -1.51. The number of morpholine rings is 1. The van der Waals surface area contributed by atoms with Gasteiger partial charge in [0.05, 0.1) is 6.61 Å². The molecule has 8 nitrogen and oxygen atoms in total. The number of aromatic nitrogens is 2. The van der Waals surface area contributed by atoms with E-state index in [0.717, 1.165) is 6.54 Å². The Morgan fingerprint density at radius 3 is 3.28 bits per heavy atom. The van der Waals surface area contributed by atoms with Crippen LogP contribution in [0.1, 0.15) is 0 Å². The van der Waals surface area contributed by atoms with Gasteiger partial charge in [-0.15, -0.1) is 0 Å². The van der Waals surface area contributed by atoms with Crippen LogP contribution < -0.4 is 0 Å². The van der Waals surface area contributed by atoms with Gasteiger partial charge in [-0.05, 0) is 4.92 Å². The number of nitro groups is 1. The quantitative estimate of drug-likeness (QED) is 0.421. The number of nitrogens with zero attached hydrogens (tertiary/aromatic N) is 4. The summed E-state index contributed by atoms with van der Waals surface area (Å²) >= 11 is 0. The van der Waals surface area contributed by atoms with E-state index < -0.39 is 4.92 Å². The Labute approximate surface area is 103 Å². The SMILES string of the molecule is O=[N+]([O-])c1nccn1CC12CN(CCO)CC1O2. The molecule has 2 aliphatic heterocycles. The highest BCUT2D eigenvalue weighted by molar-refractivity contribution is 5.15. The van der Waals surface area contributed by atoms with Crippen molar-refractivity contribution in [1.82, 2.24) is 14.5 Å². The smallest absolute Gasteiger partial charge is 0.395 e. The minimum atomic E-state index is -0.492. The topological polar surface area (TPSA) is 97.0 Å². The zero-order chi connectivity index (χ0) is 12.8. The van der Waals surface area contributed by atoms with Gasteiger partial charge in [-0.3, -0.25) is 4.90 Å². The lowest BCUT2D eigenvalue weighted by Crippen LogP contribution is -2.32. The van der Waals surface area contributed by atoms with Crippen LogP contribution in [-0.4, -0.2) is 62.4 Å². The predicted molar refractivity (Wildman–Crippen MR) is 60.0 cm³/mol. The molecular weight excluding hydrogens is 240 g/mol. The summed E-state index contributed by atoms with van der Waals surface area (Å²) in [6.07, 6.45) is 3.14. The van der Waals surface area contributed by atoms with Gasteiger partial charge in [0.2, 0.25) is 0 Å². The van der Waals surface area contributed by atoms with E-state index in [-0.39, 0.29) is 24.3 Å². The fraction of sp³-hybridized carbons (Fsp3) is 0.700. The van der Waals surface area contributed by atoms with Crippen molar-refractivity contribution in [2.75, 3.05) is 26.2 Å². The van der Waals surface area contributed by atoms with Crippen LogP contribution in [0.3, 0.4) is 0 Å². The molecule has 98 valence electrons. The molecule has 2 atom stereocenters. The van der Waals surface area contributed by atoms with Crippen LogP contribution in [0.2, 0.25) is 0 Å². The standard InChI is InChI=1S/C10H14N4O4/c15-4-3-12-5-8-10(6-12,18-8)7-13-2-1-11-9(13)14(16)17/h1-2,8,15H,3-7H2. The number of epoxide rings is 1. The molecule has 18 heavy (non-hydrogen) atoms. The van der Waals surface area contributed by atoms with Crippen molar-refractivity contribution in [3.63, 3.8) is 0 Å². The molecule has 2 saturated heterocycles. The average molecular weight is 254 g/mol. The summed E-state index contributed by atoms with van der Waals surface area (Å²) < 4.78 is 7.15. The van der Waals surface area contributed by atoms with Crippen molar-refractivity contribution in [1.29, 1.82) is 0 Å². The van der Waals surface area contributed by atoms with Crippen molar-refractivity contribution in [2.24, 2.45) is 0 Å². The number of hydrogen-bond acceptors (Lipinski definition) is 6. The van der Waals surface area contributed by atoms with E-state index in [1.807, 2.05) is 0 Å². The maximum atomic E-state index is 10.8. The minimum Gasteiger partial charge on any atom is -0.395 e. The van der Waals surface area contributed by atoms with Crippen molar-refractivity contribution >= 4 is 5.95 Å².